The lowest BCUT2D eigenvalue weighted by atomic mass is 9.43. The molecule has 5 fully saturated rings. The number of halogens is 3. The number of imide groups is 1. The van der Waals surface area contributed by atoms with E-state index in [2.05, 4.69) is 29.5 Å². The molecule has 2 aromatic carbocycles. The van der Waals surface area contributed by atoms with Gasteiger partial charge in [0.2, 0.25) is 5.91 Å². The molecule has 8 rings (SSSR count). The monoisotopic (exact) mass is 930 g/mol. The van der Waals surface area contributed by atoms with E-state index in [-0.39, 0.29) is 71.1 Å². The Bertz CT molecular complexity index is 2330. The van der Waals surface area contributed by atoms with Crippen LogP contribution in [0.1, 0.15) is 66.1 Å². The zero-order valence-electron chi connectivity index (χ0n) is 36.4. The fourth-order valence-electron chi connectivity index (χ4n) is 9.67. The Morgan fingerprint density at radius 1 is 1.05 bits per heavy atom. The van der Waals surface area contributed by atoms with Gasteiger partial charge in [0.15, 0.2) is 17.3 Å². The second-order valence-corrected chi connectivity index (χ2v) is 18.6. The van der Waals surface area contributed by atoms with Crippen molar-refractivity contribution in [1.82, 2.24) is 30.3 Å². The Kier molecular flexibility index (Phi) is 13.5. The smallest absolute Gasteiger partial charge is 0.482 e. The number of nitrogens with one attached hydrogen (secondary N) is 2. The maximum Gasteiger partial charge on any atom is 0.482 e. The van der Waals surface area contributed by atoms with Gasteiger partial charge in [-0.3, -0.25) is 24.2 Å². The number of hydrogen-bond acceptors (Lipinski definition) is 13. The molecule has 5 amide bonds. The van der Waals surface area contributed by atoms with Crippen LogP contribution in [0.25, 0.3) is 0 Å². The maximum atomic E-state index is 15.8. The topological polar surface area (TPSA) is 198 Å². The third-order valence-electron chi connectivity index (χ3n) is 13.3. The number of amides is 5. The van der Waals surface area contributed by atoms with E-state index in [9.17, 15) is 33.5 Å². The number of benzene rings is 2. The van der Waals surface area contributed by atoms with Crippen molar-refractivity contribution in [3.05, 3.63) is 68.1 Å². The molecule has 2 bridgehead atoms. The van der Waals surface area contributed by atoms with Crippen LogP contribution in [-0.2, 0) is 36.7 Å². The molecule has 0 spiro atoms. The van der Waals surface area contributed by atoms with E-state index in [1.807, 2.05) is 24.3 Å². The van der Waals surface area contributed by atoms with E-state index < -0.39 is 77.4 Å². The average molecular weight is 931 g/mol. The van der Waals surface area contributed by atoms with Crippen LogP contribution in [0.2, 0.25) is 5.02 Å². The summed E-state index contributed by atoms with van der Waals surface area (Å²) >= 11 is 8.27. The first-order valence-corrected chi connectivity index (χ1v) is 21.9. The first-order valence-electron chi connectivity index (χ1n) is 20.6. The number of rotatable bonds is 16. The third kappa shape index (κ3) is 8.59. The minimum atomic E-state index is -1.88. The molecule has 2 saturated heterocycles. The number of likely N-dealkylation sites (N-methyl/N-ethyl adjacent to an activating group) is 1. The highest BCUT2D eigenvalue weighted by atomic mass is 35.5. The van der Waals surface area contributed by atoms with Gasteiger partial charge in [-0.15, -0.1) is 11.3 Å². The van der Waals surface area contributed by atoms with Gasteiger partial charge in [0.25, 0.3) is 0 Å². The Morgan fingerprint density at radius 2 is 1.77 bits per heavy atom. The fourth-order valence-corrected chi connectivity index (χ4v) is 10.7. The number of ether oxygens (including phenoxy) is 3. The summed E-state index contributed by atoms with van der Waals surface area (Å²) in [4.78, 5) is 76.3. The van der Waals surface area contributed by atoms with Gasteiger partial charge < -0.3 is 44.2 Å². The molecule has 5 aliphatic rings. The number of hydrogen-bond donors (Lipinski definition) is 3. The Labute approximate surface area is 377 Å². The summed E-state index contributed by atoms with van der Waals surface area (Å²) < 4.78 is 59.9. The van der Waals surface area contributed by atoms with Gasteiger partial charge in [-0.25, -0.2) is 23.4 Å². The van der Waals surface area contributed by atoms with Crippen molar-refractivity contribution in [3.63, 3.8) is 0 Å². The molecule has 3 saturated carbocycles. The van der Waals surface area contributed by atoms with Gasteiger partial charge in [-0.1, -0.05) is 31.5 Å². The van der Waals surface area contributed by atoms with Crippen LogP contribution < -0.4 is 24.8 Å². The van der Waals surface area contributed by atoms with E-state index >= 15 is 4.39 Å². The molecule has 6 atom stereocenters. The van der Waals surface area contributed by atoms with Gasteiger partial charge in [0.05, 0.1) is 50.5 Å². The largest absolute Gasteiger partial charge is 0.495 e. The van der Waals surface area contributed by atoms with Crippen molar-refractivity contribution in [3.8, 4) is 17.2 Å². The number of aromatic carboxylic acids is 1. The van der Waals surface area contributed by atoms with Gasteiger partial charge in [0.1, 0.15) is 28.2 Å². The number of aromatic nitrogens is 1. The SMILES string of the molecule is COc1c(F)cc(C(NC(=O)N2CCN(CCN(C)Cc3nccs3)C(=O)C2=O)C(=O)N[C@@H](Cc2ccc(F)c(C(=O)O)c2OC)B2O[C@@H]3C[C@@H]4C[C@@H](C4(C)C)[C@]3(C)O2)c(Cl)c1OC. The quantitative estimate of drug-likeness (QED) is 0.136. The van der Waals surface area contributed by atoms with Gasteiger partial charge in [0, 0.05) is 43.3 Å². The molecule has 3 heterocycles. The summed E-state index contributed by atoms with van der Waals surface area (Å²) in [5.74, 6) is -8.52. The molecule has 22 heteroatoms. The number of carboxylic acid groups (broad SMARTS) is 1. The van der Waals surface area contributed by atoms with Gasteiger partial charge >= 0.3 is 30.9 Å². The second kappa shape index (κ2) is 18.4. The first-order chi connectivity index (χ1) is 30.3. The van der Waals surface area contributed by atoms with Crippen LogP contribution in [-0.4, -0.2) is 134 Å². The number of carboxylic acids is 1. The van der Waals surface area contributed by atoms with E-state index in [4.69, 9.17) is 35.1 Å². The predicted molar refractivity (Wildman–Crippen MR) is 228 cm³/mol. The summed E-state index contributed by atoms with van der Waals surface area (Å²) in [7, 11) is 4.22. The third-order valence-corrected chi connectivity index (χ3v) is 14.4. The Morgan fingerprint density at radius 3 is 2.41 bits per heavy atom. The van der Waals surface area contributed by atoms with Crippen molar-refractivity contribution in [2.24, 2.45) is 17.3 Å². The Balaban J connectivity index is 1.19. The fraction of sp³-hybridized carbons (Fsp3) is 0.524. The highest BCUT2D eigenvalue weighted by Crippen LogP contribution is 2.65. The molecule has 17 nitrogen and oxygen atoms in total. The minimum Gasteiger partial charge on any atom is -0.495 e. The van der Waals surface area contributed by atoms with Crippen LogP contribution >= 0.6 is 22.9 Å². The molecule has 3 aliphatic carbocycles. The standard InChI is InChI=1S/C42H50BClF2N6O11S/c1-41(2)22-17-26(41)42(3)27(18-22)62-43(63-42)28(16-21-8-9-24(45)30(39(56)57)33(21)59-5)48-36(53)32(23-19-25(46)34(60-6)35(61-7)31(23)44)49-40(58)52-14-13-51(37(54)38(52)55)12-11-50(4)20-29-47-10-15-64-29/h8-10,15,19,22,26-28,32H,11-14,16-18,20H2,1-7H3,(H,48,53)(H,49,58)(H,56,57)/t22-,26-,27+,28-,32?,42-/m0/s1. The number of piperazine rings is 1. The highest BCUT2D eigenvalue weighted by Gasteiger charge is 2.68. The van der Waals surface area contributed by atoms with Crippen LogP contribution in [0.5, 0.6) is 17.2 Å². The van der Waals surface area contributed by atoms with Crippen molar-refractivity contribution >= 4 is 59.8 Å². The van der Waals surface area contributed by atoms with Crippen LogP contribution in [0, 0.1) is 28.9 Å². The number of carbonyl (C=O) groups is 5. The summed E-state index contributed by atoms with van der Waals surface area (Å²) in [6.07, 6.45) is 2.63. The van der Waals surface area contributed by atoms with Gasteiger partial charge in [-0.05, 0) is 68.2 Å². The number of methoxy groups -OCH3 is 3. The summed E-state index contributed by atoms with van der Waals surface area (Å²) in [6.45, 7) is 7.16. The number of thiazole rings is 1. The van der Waals surface area contributed by atoms with Crippen molar-refractivity contribution in [2.75, 3.05) is 54.6 Å². The lowest BCUT2D eigenvalue weighted by Gasteiger charge is -2.64. The van der Waals surface area contributed by atoms with Crippen molar-refractivity contribution in [2.45, 2.75) is 70.3 Å². The zero-order chi connectivity index (χ0) is 46.4. The normalized spacial score (nSPS) is 23.3. The predicted octanol–water partition coefficient (Wildman–Crippen LogP) is 4.35. The lowest BCUT2D eigenvalue weighted by molar-refractivity contribution is -0.199. The molecular weight excluding hydrogens is 881 g/mol. The number of nitrogens with zero attached hydrogens (tertiary/aromatic N) is 4. The summed E-state index contributed by atoms with van der Waals surface area (Å²) in [5, 5.41) is 17.7. The van der Waals surface area contributed by atoms with E-state index in [1.165, 1.54) is 43.6 Å². The molecule has 3 N–H and O–H groups in total. The van der Waals surface area contributed by atoms with Crippen LogP contribution in [0.15, 0.2) is 29.8 Å². The van der Waals surface area contributed by atoms with Crippen LogP contribution in [0.3, 0.4) is 0 Å². The average Bonchev–Trinajstić information content (AvgIpc) is 3.90. The Hall–Kier alpha value is -5.09. The minimum absolute atomic E-state index is 0.0133. The number of urea groups is 1. The van der Waals surface area contributed by atoms with Gasteiger partial charge in [-0.2, -0.15) is 0 Å². The van der Waals surface area contributed by atoms with E-state index in [0.29, 0.717) is 30.3 Å². The zero-order valence-corrected chi connectivity index (χ0v) is 37.9. The number of carbonyl (C=O) groups excluding carboxylic acids is 4. The lowest BCUT2D eigenvalue weighted by Crippen LogP contribution is -2.65. The van der Waals surface area contributed by atoms with E-state index in [0.717, 1.165) is 23.6 Å². The molecule has 64 heavy (non-hydrogen) atoms. The second-order valence-electron chi connectivity index (χ2n) is 17.2. The van der Waals surface area contributed by atoms with Crippen molar-refractivity contribution < 1.29 is 61.4 Å². The molecule has 3 aromatic rings. The molecule has 1 unspecified atom stereocenters. The highest BCUT2D eigenvalue weighted by molar-refractivity contribution is 7.09. The van der Waals surface area contributed by atoms with Crippen molar-refractivity contribution in [1.29, 1.82) is 0 Å². The van der Waals surface area contributed by atoms with E-state index in [1.54, 1.807) is 6.20 Å². The molecule has 344 valence electrons. The maximum absolute atomic E-state index is 15.8. The molecular formula is C42H50BClF2N6O11S. The summed E-state index contributed by atoms with van der Waals surface area (Å²) in [6, 6.07) is 0.0923. The van der Waals surface area contributed by atoms with Crippen LogP contribution in [0.4, 0.5) is 13.6 Å². The molecule has 1 aromatic heterocycles. The summed E-state index contributed by atoms with van der Waals surface area (Å²) in [5.41, 5.74) is -1.74. The molecule has 0 radical (unpaired) electrons. The molecule has 2 aliphatic heterocycles. The first kappa shape index (κ1) is 46.9.